The van der Waals surface area contributed by atoms with Gasteiger partial charge in [0.05, 0.1) is 12.0 Å². The van der Waals surface area contributed by atoms with Crippen LogP contribution in [0.4, 0.5) is 4.79 Å². The summed E-state index contributed by atoms with van der Waals surface area (Å²) >= 11 is 0.737. The Morgan fingerprint density at radius 3 is 2.45 bits per heavy atom. The van der Waals surface area contributed by atoms with Gasteiger partial charge >= 0.3 is 0 Å². The number of aromatic nitrogens is 3. The molecule has 1 fully saturated rings. The summed E-state index contributed by atoms with van der Waals surface area (Å²) in [7, 11) is 1.54. The summed E-state index contributed by atoms with van der Waals surface area (Å²) in [4.78, 5) is 52.9. The van der Waals surface area contributed by atoms with Gasteiger partial charge in [-0.05, 0) is 35.5 Å². The standard InChI is InChI=1S/C17H16N6O5S/c1-28-12-4-2-11(3-5-12)6-13-16(26)23(17(27)29-13)8-15(25)21-20-14(24)7-22-10-18-9-19-22/h2-6,9-10H,7-8H2,1H3,(H,20,24)(H,21,25)/b13-6-. The molecule has 0 aliphatic carbocycles. The van der Waals surface area contributed by atoms with Crippen LogP contribution in [-0.4, -0.2) is 56.3 Å². The van der Waals surface area contributed by atoms with Gasteiger partial charge in [0.15, 0.2) is 0 Å². The van der Waals surface area contributed by atoms with Crippen LogP contribution in [-0.2, 0) is 20.9 Å². The molecule has 3 rings (SSSR count). The summed E-state index contributed by atoms with van der Waals surface area (Å²) in [6.45, 7) is -0.666. The molecule has 150 valence electrons. The van der Waals surface area contributed by atoms with Crippen molar-refractivity contribution in [2.75, 3.05) is 13.7 Å². The third-order valence-electron chi connectivity index (χ3n) is 3.70. The first kappa shape index (κ1) is 20.1. The van der Waals surface area contributed by atoms with E-state index in [2.05, 4.69) is 20.9 Å². The third kappa shape index (κ3) is 5.19. The lowest BCUT2D eigenvalue weighted by atomic mass is 10.2. The minimum atomic E-state index is -0.718. The lowest BCUT2D eigenvalue weighted by Gasteiger charge is -2.13. The monoisotopic (exact) mass is 416 g/mol. The zero-order valence-corrected chi connectivity index (χ0v) is 16.0. The predicted molar refractivity (Wildman–Crippen MR) is 102 cm³/mol. The number of hydrogen-bond donors (Lipinski definition) is 2. The van der Waals surface area contributed by atoms with Gasteiger partial charge in [-0.15, -0.1) is 0 Å². The second-order valence-corrected chi connectivity index (χ2v) is 6.72. The fourth-order valence-corrected chi connectivity index (χ4v) is 3.15. The molecule has 1 aliphatic heterocycles. The van der Waals surface area contributed by atoms with Crippen LogP contribution in [0.1, 0.15) is 5.56 Å². The van der Waals surface area contributed by atoms with E-state index in [4.69, 9.17) is 4.74 Å². The van der Waals surface area contributed by atoms with Gasteiger partial charge in [0.25, 0.3) is 23.0 Å². The van der Waals surface area contributed by atoms with Crippen molar-refractivity contribution in [3.8, 4) is 5.75 Å². The number of nitrogens with zero attached hydrogens (tertiary/aromatic N) is 4. The largest absolute Gasteiger partial charge is 0.497 e. The minimum absolute atomic E-state index is 0.146. The lowest BCUT2D eigenvalue weighted by Crippen LogP contribution is -2.48. The Kier molecular flexibility index (Phi) is 6.24. The van der Waals surface area contributed by atoms with E-state index in [1.165, 1.54) is 17.3 Å². The van der Waals surface area contributed by atoms with Gasteiger partial charge in [-0.2, -0.15) is 5.10 Å². The highest BCUT2D eigenvalue weighted by molar-refractivity contribution is 8.18. The number of amides is 4. The average molecular weight is 416 g/mol. The van der Waals surface area contributed by atoms with Crippen molar-refractivity contribution < 1.29 is 23.9 Å². The van der Waals surface area contributed by atoms with Crippen molar-refractivity contribution in [3.05, 3.63) is 47.4 Å². The first-order chi connectivity index (χ1) is 14.0. The number of ether oxygens (including phenoxy) is 1. The summed E-state index contributed by atoms with van der Waals surface area (Å²) in [5.41, 5.74) is 5.04. The van der Waals surface area contributed by atoms with Crippen LogP contribution in [0.15, 0.2) is 41.8 Å². The topological polar surface area (TPSA) is 136 Å². The van der Waals surface area contributed by atoms with E-state index in [0.29, 0.717) is 11.3 Å². The van der Waals surface area contributed by atoms with Crippen LogP contribution in [0.2, 0.25) is 0 Å². The Morgan fingerprint density at radius 1 is 1.14 bits per heavy atom. The molecule has 1 saturated heterocycles. The van der Waals surface area contributed by atoms with E-state index in [9.17, 15) is 19.2 Å². The molecule has 4 amide bonds. The van der Waals surface area contributed by atoms with E-state index in [1.54, 1.807) is 37.5 Å². The number of thioether (sulfide) groups is 1. The van der Waals surface area contributed by atoms with E-state index < -0.39 is 29.5 Å². The Balaban J connectivity index is 1.54. The summed E-state index contributed by atoms with van der Waals surface area (Å²) < 4.78 is 6.34. The van der Waals surface area contributed by atoms with E-state index >= 15 is 0 Å². The molecule has 1 aromatic carbocycles. The maximum Gasteiger partial charge on any atom is 0.294 e. The second-order valence-electron chi connectivity index (χ2n) is 5.73. The van der Waals surface area contributed by atoms with Crippen LogP contribution in [0.5, 0.6) is 5.75 Å². The average Bonchev–Trinajstić information content (AvgIpc) is 3.31. The molecule has 0 bridgehead atoms. The molecule has 29 heavy (non-hydrogen) atoms. The van der Waals surface area contributed by atoms with Crippen molar-refractivity contribution in [1.29, 1.82) is 0 Å². The van der Waals surface area contributed by atoms with Gasteiger partial charge in [-0.25, -0.2) is 9.67 Å². The molecular formula is C17H16N6O5S. The van der Waals surface area contributed by atoms with Gasteiger partial charge in [-0.1, -0.05) is 12.1 Å². The van der Waals surface area contributed by atoms with Crippen LogP contribution < -0.4 is 15.6 Å². The summed E-state index contributed by atoms with van der Waals surface area (Å²) in [5, 5.41) is 3.19. The molecular weight excluding hydrogens is 400 g/mol. The predicted octanol–water partition coefficient (Wildman–Crippen LogP) is 0.171. The number of carbonyl (C=O) groups is 4. The SMILES string of the molecule is COc1ccc(/C=C2\SC(=O)N(CC(=O)NNC(=O)Cn3cncn3)C2=O)cc1. The number of nitrogens with one attached hydrogen (secondary N) is 2. The number of rotatable bonds is 6. The molecule has 1 aromatic heterocycles. The van der Waals surface area contributed by atoms with Crippen molar-refractivity contribution in [3.63, 3.8) is 0 Å². The van der Waals surface area contributed by atoms with Crippen molar-refractivity contribution in [2.45, 2.75) is 6.54 Å². The van der Waals surface area contributed by atoms with Crippen LogP contribution in [0.25, 0.3) is 6.08 Å². The minimum Gasteiger partial charge on any atom is -0.497 e. The molecule has 2 aromatic rings. The highest BCUT2D eigenvalue weighted by Gasteiger charge is 2.36. The zero-order valence-electron chi connectivity index (χ0n) is 15.2. The molecule has 2 heterocycles. The molecule has 11 nitrogen and oxygen atoms in total. The molecule has 0 unspecified atom stereocenters. The van der Waals surface area contributed by atoms with Gasteiger partial charge in [-0.3, -0.25) is 34.9 Å². The fraction of sp³-hybridized carbons (Fsp3) is 0.176. The fourth-order valence-electron chi connectivity index (χ4n) is 2.31. The molecule has 0 saturated carbocycles. The molecule has 1 aliphatic rings. The number of carbonyl (C=O) groups excluding carboxylic acids is 4. The Morgan fingerprint density at radius 2 is 1.83 bits per heavy atom. The highest BCUT2D eigenvalue weighted by Crippen LogP contribution is 2.32. The first-order valence-corrected chi connectivity index (χ1v) is 9.07. The zero-order chi connectivity index (χ0) is 20.8. The number of imide groups is 1. The summed E-state index contributed by atoms with van der Waals surface area (Å²) in [6.07, 6.45) is 4.17. The molecule has 0 atom stereocenters. The molecule has 0 spiro atoms. The van der Waals surface area contributed by atoms with Gasteiger partial charge in [0, 0.05) is 0 Å². The maximum atomic E-state index is 12.4. The smallest absolute Gasteiger partial charge is 0.294 e. The van der Waals surface area contributed by atoms with Crippen LogP contribution >= 0.6 is 11.8 Å². The number of hydrazine groups is 1. The van der Waals surface area contributed by atoms with E-state index in [1.807, 2.05) is 0 Å². The first-order valence-electron chi connectivity index (χ1n) is 8.26. The lowest BCUT2D eigenvalue weighted by molar-refractivity contribution is -0.132. The second kappa shape index (κ2) is 9.01. The van der Waals surface area contributed by atoms with Crippen LogP contribution in [0, 0.1) is 0 Å². The van der Waals surface area contributed by atoms with Crippen molar-refractivity contribution in [2.24, 2.45) is 0 Å². The van der Waals surface area contributed by atoms with Gasteiger partial charge < -0.3 is 4.74 Å². The highest BCUT2D eigenvalue weighted by atomic mass is 32.2. The number of hydrogen-bond acceptors (Lipinski definition) is 8. The van der Waals surface area contributed by atoms with Gasteiger partial charge in [0.2, 0.25) is 0 Å². The Hall–Kier alpha value is -3.67. The number of methoxy groups -OCH3 is 1. The van der Waals surface area contributed by atoms with Gasteiger partial charge in [0.1, 0.15) is 31.5 Å². The molecule has 0 radical (unpaired) electrons. The maximum absolute atomic E-state index is 12.4. The molecule has 2 N–H and O–H groups in total. The number of benzene rings is 1. The quantitative estimate of drug-likeness (QED) is 0.503. The molecule has 12 heteroatoms. The Labute approximate surface area is 169 Å². The third-order valence-corrected chi connectivity index (χ3v) is 4.61. The van der Waals surface area contributed by atoms with Crippen LogP contribution in [0.3, 0.4) is 0 Å². The van der Waals surface area contributed by atoms with E-state index in [-0.39, 0.29) is 11.4 Å². The Bertz CT molecular complexity index is 957. The van der Waals surface area contributed by atoms with E-state index in [0.717, 1.165) is 16.7 Å². The normalized spacial score (nSPS) is 14.9. The van der Waals surface area contributed by atoms with Crippen molar-refractivity contribution in [1.82, 2.24) is 30.5 Å². The summed E-state index contributed by atoms with van der Waals surface area (Å²) in [6, 6.07) is 6.94. The van der Waals surface area contributed by atoms with Crippen molar-refractivity contribution >= 4 is 40.8 Å². The summed E-state index contributed by atoms with van der Waals surface area (Å²) in [5.74, 6) is -1.18.